The minimum Gasteiger partial charge on any atom is -0.436 e. The van der Waals surface area contributed by atoms with Gasteiger partial charge in [0, 0.05) is 16.3 Å². The first-order valence-electron chi connectivity index (χ1n) is 10.2. The highest BCUT2D eigenvalue weighted by atomic mass is 79.9. The van der Waals surface area contributed by atoms with Crippen molar-refractivity contribution < 1.29 is 13.9 Å². The number of hydrogen-bond donors (Lipinski definition) is 0. The first-order valence-corrected chi connectivity index (χ1v) is 11.0. The van der Waals surface area contributed by atoms with E-state index < -0.39 is 5.97 Å². The van der Waals surface area contributed by atoms with Crippen molar-refractivity contribution in [3.63, 3.8) is 0 Å². The van der Waals surface area contributed by atoms with Crippen molar-refractivity contribution in [2.75, 3.05) is 0 Å². The minimum absolute atomic E-state index is 0.411. The van der Waals surface area contributed by atoms with E-state index in [-0.39, 0.29) is 0 Å². The summed E-state index contributed by atoms with van der Waals surface area (Å²) in [6.45, 7) is 0. The minimum atomic E-state index is -0.411. The summed E-state index contributed by atoms with van der Waals surface area (Å²) in [5, 5.41) is 0. The third-order valence-corrected chi connectivity index (χ3v) is 5.42. The second-order valence-corrected chi connectivity index (χ2v) is 8.18. The Kier molecular flexibility index (Phi) is 5.83. The van der Waals surface area contributed by atoms with Gasteiger partial charge in [-0.05, 0) is 72.3 Å². The number of rotatable bonds is 5. The van der Waals surface area contributed by atoms with E-state index in [9.17, 15) is 4.79 Å². The molecular weight excluding hydrogens is 480 g/mol. The molecule has 5 aromatic rings. The number of nitrogens with zero attached hydrogens (tertiary/aromatic N) is 2. The number of ether oxygens (including phenoxy) is 1. The molecule has 0 aliphatic carbocycles. The number of benzene rings is 4. The second-order valence-electron chi connectivity index (χ2n) is 7.26. The molecule has 6 heteroatoms. The number of oxazole rings is 1. The Hall–Kier alpha value is -4.03. The van der Waals surface area contributed by atoms with Gasteiger partial charge in [-0.15, -0.1) is 0 Å². The maximum atomic E-state index is 12.3. The molecule has 160 valence electrons. The fourth-order valence-electron chi connectivity index (χ4n) is 3.24. The molecule has 0 saturated carbocycles. The van der Waals surface area contributed by atoms with E-state index in [1.165, 1.54) is 0 Å². The van der Waals surface area contributed by atoms with Crippen molar-refractivity contribution in [3.05, 3.63) is 113 Å². The van der Waals surface area contributed by atoms with E-state index in [0.29, 0.717) is 17.2 Å². The van der Waals surface area contributed by atoms with Gasteiger partial charge >= 0.3 is 5.97 Å². The van der Waals surface area contributed by atoms with Crippen molar-refractivity contribution in [1.29, 1.82) is 0 Å². The lowest BCUT2D eigenvalue weighted by molar-refractivity contribution is 0.0734. The van der Waals surface area contributed by atoms with Crippen LogP contribution in [0.5, 0.6) is 5.75 Å². The van der Waals surface area contributed by atoms with Gasteiger partial charge in [0.1, 0.15) is 11.3 Å². The molecule has 4 aromatic carbocycles. The zero-order valence-corrected chi connectivity index (χ0v) is 18.9. The molecule has 0 atom stereocenters. The maximum Gasteiger partial charge on any atom is 0.343 e. The molecule has 0 bridgehead atoms. The summed E-state index contributed by atoms with van der Waals surface area (Å²) in [6, 6.07) is 29.6. The summed E-state index contributed by atoms with van der Waals surface area (Å²) in [5.41, 5.74) is 4.62. The molecule has 5 rings (SSSR count). The molecule has 0 radical (unpaired) electrons. The van der Waals surface area contributed by atoms with Gasteiger partial charge in [0.15, 0.2) is 5.58 Å². The average molecular weight is 497 g/mol. The average Bonchev–Trinajstić information content (AvgIpc) is 3.28. The van der Waals surface area contributed by atoms with Crippen LogP contribution in [0.3, 0.4) is 0 Å². The maximum absolute atomic E-state index is 12.3. The molecule has 0 saturated heterocycles. The summed E-state index contributed by atoms with van der Waals surface area (Å²) in [4.78, 5) is 21.4. The van der Waals surface area contributed by atoms with E-state index in [4.69, 9.17) is 9.15 Å². The van der Waals surface area contributed by atoms with Crippen LogP contribution in [0.25, 0.3) is 22.6 Å². The molecule has 5 nitrogen and oxygen atoms in total. The van der Waals surface area contributed by atoms with Crippen molar-refractivity contribution in [2.24, 2.45) is 4.99 Å². The summed E-state index contributed by atoms with van der Waals surface area (Å²) >= 11 is 3.36. The van der Waals surface area contributed by atoms with E-state index in [1.54, 1.807) is 30.5 Å². The van der Waals surface area contributed by atoms with Crippen LogP contribution in [0.2, 0.25) is 0 Å². The van der Waals surface area contributed by atoms with Crippen LogP contribution in [-0.2, 0) is 0 Å². The van der Waals surface area contributed by atoms with Crippen LogP contribution in [-0.4, -0.2) is 17.2 Å². The molecule has 0 unspecified atom stereocenters. The number of fused-ring (bicyclic) bond motifs is 1. The van der Waals surface area contributed by atoms with E-state index >= 15 is 0 Å². The number of aliphatic imine (C=N–C) groups is 1. The lowest BCUT2D eigenvalue weighted by atomic mass is 10.1. The second kappa shape index (κ2) is 9.22. The fourth-order valence-corrected chi connectivity index (χ4v) is 3.61. The Bertz CT molecular complexity index is 1420. The highest BCUT2D eigenvalue weighted by Gasteiger charge is 2.09. The summed E-state index contributed by atoms with van der Waals surface area (Å²) < 4.78 is 12.1. The van der Waals surface area contributed by atoms with E-state index in [0.717, 1.165) is 32.4 Å². The number of esters is 1. The first-order chi connectivity index (χ1) is 16.1. The topological polar surface area (TPSA) is 64.7 Å². The monoisotopic (exact) mass is 496 g/mol. The zero-order valence-electron chi connectivity index (χ0n) is 17.3. The largest absolute Gasteiger partial charge is 0.436 e. The Morgan fingerprint density at radius 1 is 0.909 bits per heavy atom. The lowest BCUT2D eigenvalue weighted by Gasteiger charge is -2.05. The van der Waals surface area contributed by atoms with Gasteiger partial charge in [-0.2, -0.15) is 0 Å². The quantitative estimate of drug-likeness (QED) is 0.146. The fraction of sp³-hybridized carbons (Fsp3) is 0. The molecule has 0 amide bonds. The van der Waals surface area contributed by atoms with Crippen LogP contribution in [0, 0.1) is 0 Å². The smallest absolute Gasteiger partial charge is 0.343 e. The van der Waals surface area contributed by atoms with E-state index in [1.807, 2.05) is 72.8 Å². The molecular formula is C27H17BrN2O3. The number of carbonyl (C=O) groups excluding carboxylic acids is 1. The van der Waals surface area contributed by atoms with Crippen molar-refractivity contribution in [2.45, 2.75) is 0 Å². The normalized spacial score (nSPS) is 11.2. The summed E-state index contributed by atoms with van der Waals surface area (Å²) in [7, 11) is 0. The highest BCUT2D eigenvalue weighted by Crippen LogP contribution is 2.26. The van der Waals surface area contributed by atoms with Crippen LogP contribution in [0.15, 0.2) is 111 Å². The van der Waals surface area contributed by atoms with Gasteiger partial charge in [-0.3, -0.25) is 4.99 Å². The third kappa shape index (κ3) is 4.91. The molecule has 0 aliphatic rings. The zero-order chi connectivity index (χ0) is 22.6. The SMILES string of the molecule is O=C(Oc1cccc(Br)c1)c1ccc(C=Nc2ccc(-c3nc4ccccc4o3)cc2)cc1. The molecule has 1 heterocycles. The van der Waals surface area contributed by atoms with Crippen LogP contribution >= 0.6 is 15.9 Å². The molecule has 1 aromatic heterocycles. The van der Waals surface area contributed by atoms with Gasteiger partial charge in [0.05, 0.1) is 11.3 Å². The number of para-hydroxylation sites is 2. The van der Waals surface area contributed by atoms with E-state index in [2.05, 4.69) is 25.9 Å². The van der Waals surface area contributed by atoms with Crippen molar-refractivity contribution in [1.82, 2.24) is 4.98 Å². The van der Waals surface area contributed by atoms with Gasteiger partial charge in [-0.1, -0.05) is 46.3 Å². The van der Waals surface area contributed by atoms with Crippen LogP contribution in [0.4, 0.5) is 5.69 Å². The first kappa shape index (κ1) is 20.8. The molecule has 0 fully saturated rings. The molecule has 0 aliphatic heterocycles. The highest BCUT2D eigenvalue weighted by molar-refractivity contribution is 9.10. The van der Waals surface area contributed by atoms with Gasteiger partial charge in [0.2, 0.25) is 5.89 Å². The molecule has 0 spiro atoms. The summed E-state index contributed by atoms with van der Waals surface area (Å²) in [5.74, 6) is 0.657. The Morgan fingerprint density at radius 3 is 2.45 bits per heavy atom. The predicted octanol–water partition coefficient (Wildman–Crippen LogP) is 7.23. The third-order valence-electron chi connectivity index (χ3n) is 4.92. The standard InChI is InChI=1S/C27H17BrN2O3/c28-21-4-3-5-23(16-21)32-27(31)20-10-8-18(9-11-20)17-29-22-14-12-19(13-15-22)26-30-24-6-1-2-7-25(24)33-26/h1-17H. The van der Waals surface area contributed by atoms with Crippen LogP contribution in [0.1, 0.15) is 15.9 Å². The van der Waals surface area contributed by atoms with Crippen molar-refractivity contribution in [3.8, 4) is 17.2 Å². The van der Waals surface area contributed by atoms with Crippen LogP contribution < -0.4 is 4.74 Å². The number of carbonyl (C=O) groups is 1. The van der Waals surface area contributed by atoms with Crippen molar-refractivity contribution >= 4 is 44.9 Å². The summed E-state index contributed by atoms with van der Waals surface area (Å²) in [6.07, 6.45) is 1.75. The molecule has 33 heavy (non-hydrogen) atoms. The Morgan fingerprint density at radius 2 is 1.70 bits per heavy atom. The number of hydrogen-bond acceptors (Lipinski definition) is 5. The number of aromatic nitrogens is 1. The molecule has 0 N–H and O–H groups in total. The predicted molar refractivity (Wildman–Crippen MR) is 132 cm³/mol. The van der Waals surface area contributed by atoms with Gasteiger partial charge in [0.25, 0.3) is 0 Å². The Balaban J connectivity index is 1.25. The lowest BCUT2D eigenvalue weighted by Crippen LogP contribution is -2.08. The van der Waals surface area contributed by atoms with Gasteiger partial charge in [-0.25, -0.2) is 9.78 Å². The Labute approximate surface area is 198 Å². The van der Waals surface area contributed by atoms with Gasteiger partial charge < -0.3 is 9.15 Å². The number of halogens is 1.